The van der Waals surface area contributed by atoms with Gasteiger partial charge in [-0.25, -0.2) is 0 Å². The van der Waals surface area contributed by atoms with Gasteiger partial charge in [-0.3, -0.25) is 4.98 Å². The van der Waals surface area contributed by atoms with Gasteiger partial charge in [0.1, 0.15) is 0 Å². The van der Waals surface area contributed by atoms with Crippen LogP contribution in [0, 0.1) is 0 Å². The van der Waals surface area contributed by atoms with Crippen molar-refractivity contribution in [2.45, 2.75) is 18.9 Å². The largest absolute Gasteiger partial charge is 0.392 e. The fraction of sp³-hybridized carbons (Fsp3) is 0.214. The molecule has 1 heterocycles. The SMILES string of the molecule is OC(Cc1cncc(Br)c1)Cc1ccccc1Cl. The van der Waals surface area contributed by atoms with Crippen molar-refractivity contribution < 1.29 is 5.11 Å². The minimum absolute atomic E-state index is 0.457. The number of pyridine rings is 1. The monoisotopic (exact) mass is 325 g/mol. The molecular weight excluding hydrogens is 314 g/mol. The van der Waals surface area contributed by atoms with Crippen molar-refractivity contribution >= 4 is 27.5 Å². The Morgan fingerprint density at radius 3 is 2.72 bits per heavy atom. The van der Waals surface area contributed by atoms with Gasteiger partial charge in [0.25, 0.3) is 0 Å². The average molecular weight is 327 g/mol. The van der Waals surface area contributed by atoms with Gasteiger partial charge < -0.3 is 5.11 Å². The lowest BCUT2D eigenvalue weighted by Crippen LogP contribution is -2.14. The van der Waals surface area contributed by atoms with E-state index in [0.717, 1.165) is 15.6 Å². The Labute approximate surface area is 120 Å². The Kier molecular flexibility index (Phi) is 4.75. The predicted molar refractivity (Wildman–Crippen MR) is 76.8 cm³/mol. The Bertz CT molecular complexity index is 533. The Hall–Kier alpha value is -0.900. The van der Waals surface area contributed by atoms with Crippen LogP contribution in [0.2, 0.25) is 5.02 Å². The third-order valence-corrected chi connectivity index (χ3v) is 3.45. The molecule has 1 unspecified atom stereocenters. The van der Waals surface area contributed by atoms with Crippen LogP contribution >= 0.6 is 27.5 Å². The van der Waals surface area contributed by atoms with Gasteiger partial charge in [0.05, 0.1) is 6.10 Å². The first-order chi connectivity index (χ1) is 8.65. The van der Waals surface area contributed by atoms with Gasteiger partial charge in [-0.05, 0) is 39.2 Å². The zero-order valence-corrected chi connectivity index (χ0v) is 12.0. The molecule has 1 aromatic heterocycles. The second-order valence-corrected chi connectivity index (χ2v) is 5.49. The van der Waals surface area contributed by atoms with Crippen LogP contribution in [0.3, 0.4) is 0 Å². The topological polar surface area (TPSA) is 33.1 Å². The molecule has 1 aromatic carbocycles. The molecule has 0 spiro atoms. The molecule has 2 nitrogen and oxygen atoms in total. The van der Waals surface area contributed by atoms with E-state index in [1.807, 2.05) is 30.3 Å². The molecule has 1 N–H and O–H groups in total. The average Bonchev–Trinajstić information content (AvgIpc) is 2.32. The van der Waals surface area contributed by atoms with Crippen molar-refractivity contribution in [2.24, 2.45) is 0 Å². The summed E-state index contributed by atoms with van der Waals surface area (Å²) in [6, 6.07) is 9.54. The summed E-state index contributed by atoms with van der Waals surface area (Å²) < 4.78 is 0.921. The number of hydrogen-bond acceptors (Lipinski definition) is 2. The summed E-state index contributed by atoms with van der Waals surface area (Å²) in [5.74, 6) is 0. The van der Waals surface area contributed by atoms with E-state index in [1.165, 1.54) is 0 Å². The van der Waals surface area contributed by atoms with E-state index in [4.69, 9.17) is 11.6 Å². The quantitative estimate of drug-likeness (QED) is 0.930. The van der Waals surface area contributed by atoms with Gasteiger partial charge in [0, 0.05) is 34.7 Å². The van der Waals surface area contributed by atoms with Crippen LogP contribution in [0.5, 0.6) is 0 Å². The van der Waals surface area contributed by atoms with E-state index >= 15 is 0 Å². The Balaban J connectivity index is 2.01. The number of halogens is 2. The van der Waals surface area contributed by atoms with Crippen LogP contribution in [-0.4, -0.2) is 16.2 Å². The van der Waals surface area contributed by atoms with Crippen molar-refractivity contribution in [3.63, 3.8) is 0 Å². The molecule has 2 aromatic rings. The molecule has 2 rings (SSSR count). The summed E-state index contributed by atoms with van der Waals surface area (Å²) in [7, 11) is 0. The summed E-state index contributed by atoms with van der Waals surface area (Å²) in [4.78, 5) is 4.08. The third kappa shape index (κ3) is 3.80. The molecule has 0 amide bonds. The second kappa shape index (κ2) is 6.32. The highest BCUT2D eigenvalue weighted by Crippen LogP contribution is 2.18. The smallest absolute Gasteiger partial charge is 0.0621 e. The normalized spacial score (nSPS) is 12.4. The molecule has 0 fully saturated rings. The predicted octanol–water partition coefficient (Wildman–Crippen LogP) is 3.64. The molecule has 0 aliphatic carbocycles. The standard InChI is InChI=1S/C14H13BrClNO/c15-12-5-10(8-17-9-12)6-13(18)7-11-3-1-2-4-14(11)16/h1-5,8-9,13,18H,6-7H2. The van der Waals surface area contributed by atoms with Crippen molar-refractivity contribution in [3.8, 4) is 0 Å². The summed E-state index contributed by atoms with van der Waals surface area (Å²) in [6.07, 6.45) is 4.15. The van der Waals surface area contributed by atoms with E-state index in [9.17, 15) is 5.11 Å². The summed E-state index contributed by atoms with van der Waals surface area (Å²) in [5.41, 5.74) is 1.97. The highest BCUT2D eigenvalue weighted by molar-refractivity contribution is 9.10. The summed E-state index contributed by atoms with van der Waals surface area (Å²) >= 11 is 9.43. The van der Waals surface area contributed by atoms with Crippen LogP contribution < -0.4 is 0 Å². The van der Waals surface area contributed by atoms with Crippen molar-refractivity contribution in [1.82, 2.24) is 4.98 Å². The Morgan fingerprint density at radius 2 is 2.00 bits per heavy atom. The maximum absolute atomic E-state index is 10.1. The first-order valence-corrected chi connectivity index (χ1v) is 6.83. The number of rotatable bonds is 4. The number of aliphatic hydroxyl groups is 1. The summed E-state index contributed by atoms with van der Waals surface area (Å²) in [6.45, 7) is 0. The second-order valence-electron chi connectivity index (χ2n) is 4.16. The fourth-order valence-electron chi connectivity index (χ4n) is 1.83. The molecule has 0 bridgehead atoms. The van der Waals surface area contributed by atoms with Gasteiger partial charge in [0.2, 0.25) is 0 Å². The minimum atomic E-state index is -0.457. The zero-order chi connectivity index (χ0) is 13.0. The van der Waals surface area contributed by atoms with Crippen molar-refractivity contribution in [2.75, 3.05) is 0 Å². The van der Waals surface area contributed by atoms with Gasteiger partial charge in [0.15, 0.2) is 0 Å². The number of aliphatic hydroxyl groups excluding tert-OH is 1. The molecule has 0 saturated carbocycles. The number of hydrogen-bond donors (Lipinski definition) is 1. The molecule has 0 radical (unpaired) electrons. The molecule has 1 atom stereocenters. The molecule has 0 saturated heterocycles. The number of benzene rings is 1. The van der Waals surface area contributed by atoms with Gasteiger partial charge in [-0.1, -0.05) is 29.8 Å². The fourth-order valence-corrected chi connectivity index (χ4v) is 2.45. The highest BCUT2D eigenvalue weighted by atomic mass is 79.9. The van der Waals surface area contributed by atoms with E-state index < -0.39 is 6.10 Å². The van der Waals surface area contributed by atoms with Gasteiger partial charge >= 0.3 is 0 Å². The van der Waals surface area contributed by atoms with E-state index in [2.05, 4.69) is 20.9 Å². The lowest BCUT2D eigenvalue weighted by molar-refractivity contribution is 0.175. The molecule has 0 aliphatic rings. The van der Waals surface area contributed by atoms with E-state index in [1.54, 1.807) is 12.4 Å². The van der Waals surface area contributed by atoms with E-state index in [-0.39, 0.29) is 0 Å². The lowest BCUT2D eigenvalue weighted by Gasteiger charge is -2.11. The highest BCUT2D eigenvalue weighted by Gasteiger charge is 2.09. The van der Waals surface area contributed by atoms with Crippen LogP contribution in [0.15, 0.2) is 47.2 Å². The molecule has 94 valence electrons. The van der Waals surface area contributed by atoms with Crippen molar-refractivity contribution in [3.05, 3.63) is 63.3 Å². The van der Waals surface area contributed by atoms with Crippen LogP contribution in [0.25, 0.3) is 0 Å². The van der Waals surface area contributed by atoms with Crippen molar-refractivity contribution in [1.29, 1.82) is 0 Å². The Morgan fingerprint density at radius 1 is 1.22 bits per heavy atom. The zero-order valence-electron chi connectivity index (χ0n) is 9.68. The first-order valence-electron chi connectivity index (χ1n) is 5.66. The maximum Gasteiger partial charge on any atom is 0.0621 e. The first kappa shape index (κ1) is 13.5. The molecule has 18 heavy (non-hydrogen) atoms. The maximum atomic E-state index is 10.1. The molecule has 4 heteroatoms. The lowest BCUT2D eigenvalue weighted by atomic mass is 10.0. The minimum Gasteiger partial charge on any atom is -0.392 e. The summed E-state index contributed by atoms with van der Waals surface area (Å²) in [5, 5.41) is 10.8. The molecular formula is C14H13BrClNO. The van der Waals surface area contributed by atoms with Gasteiger partial charge in [-0.15, -0.1) is 0 Å². The molecule has 0 aliphatic heterocycles. The van der Waals surface area contributed by atoms with Gasteiger partial charge in [-0.2, -0.15) is 0 Å². The van der Waals surface area contributed by atoms with Crippen LogP contribution in [0.1, 0.15) is 11.1 Å². The van der Waals surface area contributed by atoms with E-state index in [0.29, 0.717) is 17.9 Å². The van der Waals surface area contributed by atoms with Crippen LogP contribution in [0.4, 0.5) is 0 Å². The van der Waals surface area contributed by atoms with Crippen LogP contribution in [-0.2, 0) is 12.8 Å². The number of nitrogens with zero attached hydrogens (tertiary/aromatic N) is 1. The number of aromatic nitrogens is 1. The third-order valence-electron chi connectivity index (χ3n) is 2.65.